The maximum absolute atomic E-state index is 14.3. The quantitative estimate of drug-likeness (QED) is 0.248. The molecule has 10 heteroatoms. The van der Waals surface area contributed by atoms with Gasteiger partial charge in [-0.05, 0) is 68.9 Å². The number of phenols is 1. The molecule has 2 aliphatic heterocycles. The van der Waals surface area contributed by atoms with E-state index in [4.69, 9.17) is 16.7 Å². The maximum Gasteiger partial charge on any atom is 0.303 e. The summed E-state index contributed by atoms with van der Waals surface area (Å²) in [5.74, 6) is -5.51. The van der Waals surface area contributed by atoms with Crippen LogP contribution in [-0.4, -0.2) is 51.3 Å². The summed E-state index contributed by atoms with van der Waals surface area (Å²) in [6.07, 6.45) is 4.05. The van der Waals surface area contributed by atoms with Gasteiger partial charge in [-0.2, -0.15) is 0 Å². The highest BCUT2D eigenvalue weighted by atomic mass is 35.5. The molecular formula is C33H33ClN2O7. The molecule has 2 saturated heterocycles. The number of carboxylic acids is 1. The van der Waals surface area contributed by atoms with Crippen molar-refractivity contribution >= 4 is 46.9 Å². The fraction of sp³-hybridized carbons (Fsp3) is 0.424. The summed E-state index contributed by atoms with van der Waals surface area (Å²) in [6, 6.07) is 13.4. The Labute approximate surface area is 254 Å². The van der Waals surface area contributed by atoms with Crippen molar-refractivity contribution in [1.29, 1.82) is 0 Å². The summed E-state index contributed by atoms with van der Waals surface area (Å²) in [5.41, 5.74) is 0.383. The molecule has 9 nitrogen and oxygen atoms in total. The van der Waals surface area contributed by atoms with E-state index < -0.39 is 41.0 Å². The van der Waals surface area contributed by atoms with Crippen molar-refractivity contribution in [1.82, 2.24) is 4.90 Å². The molecule has 0 spiro atoms. The molecule has 2 N–H and O–H groups in total. The van der Waals surface area contributed by atoms with Crippen LogP contribution in [0.1, 0.15) is 56.9 Å². The molecule has 0 bridgehead atoms. The molecule has 224 valence electrons. The maximum atomic E-state index is 14.3. The van der Waals surface area contributed by atoms with E-state index in [2.05, 4.69) is 0 Å². The molecule has 6 rings (SSSR count). The molecule has 6 atom stereocenters. The summed E-state index contributed by atoms with van der Waals surface area (Å²) >= 11 is 6.40. The number of benzene rings is 2. The van der Waals surface area contributed by atoms with E-state index in [0.717, 1.165) is 5.57 Å². The van der Waals surface area contributed by atoms with Crippen LogP contribution in [-0.2, 0) is 24.0 Å². The number of aliphatic carboxylic acids is 1. The molecule has 2 aromatic carbocycles. The van der Waals surface area contributed by atoms with Gasteiger partial charge in [0, 0.05) is 29.5 Å². The number of aromatic hydroxyl groups is 1. The number of anilines is 1. The summed E-state index contributed by atoms with van der Waals surface area (Å²) in [7, 11) is 0. The smallest absolute Gasteiger partial charge is 0.303 e. The second-order valence-electron chi connectivity index (χ2n) is 12.2. The van der Waals surface area contributed by atoms with Crippen LogP contribution in [0.2, 0.25) is 5.02 Å². The number of hydrogen-bond donors (Lipinski definition) is 2. The van der Waals surface area contributed by atoms with Crippen molar-refractivity contribution < 1.29 is 34.2 Å². The third kappa shape index (κ3) is 4.56. The van der Waals surface area contributed by atoms with Gasteiger partial charge in [0.05, 0.1) is 28.9 Å². The number of nitrogens with zero attached hydrogens (tertiary/aromatic N) is 2. The molecule has 2 aliphatic carbocycles. The fourth-order valence-corrected chi connectivity index (χ4v) is 8.13. The van der Waals surface area contributed by atoms with Crippen molar-refractivity contribution in [2.75, 3.05) is 11.4 Å². The molecule has 2 aromatic rings. The Balaban J connectivity index is 1.39. The number of halogens is 1. The molecule has 2 heterocycles. The van der Waals surface area contributed by atoms with E-state index in [9.17, 15) is 29.1 Å². The van der Waals surface area contributed by atoms with E-state index in [0.29, 0.717) is 42.0 Å². The molecular weight excluding hydrogens is 572 g/mol. The predicted molar refractivity (Wildman–Crippen MR) is 157 cm³/mol. The Kier molecular flexibility index (Phi) is 7.40. The first kappa shape index (κ1) is 29.1. The van der Waals surface area contributed by atoms with Gasteiger partial charge in [0.2, 0.25) is 23.6 Å². The number of rotatable bonds is 8. The van der Waals surface area contributed by atoms with Crippen molar-refractivity contribution in [3.8, 4) is 5.75 Å². The van der Waals surface area contributed by atoms with E-state index in [1.54, 1.807) is 49.4 Å². The topological polar surface area (TPSA) is 132 Å². The van der Waals surface area contributed by atoms with Gasteiger partial charge in [0.15, 0.2) is 0 Å². The lowest BCUT2D eigenvalue weighted by molar-refractivity contribution is -0.141. The van der Waals surface area contributed by atoms with Crippen LogP contribution in [0, 0.1) is 29.1 Å². The summed E-state index contributed by atoms with van der Waals surface area (Å²) < 4.78 is 0. The molecule has 0 unspecified atom stereocenters. The first-order valence-electron chi connectivity index (χ1n) is 14.7. The molecule has 4 amide bonds. The van der Waals surface area contributed by atoms with E-state index in [-0.39, 0.29) is 48.8 Å². The zero-order valence-corrected chi connectivity index (χ0v) is 24.5. The SMILES string of the molecule is C[C@@]12C(=O)N(c3ccccc3)C(=O)[C@@H]1C[C@@H]1C(=CC[C@@H]3C(=O)N(CCCCCC(=O)O)C(=O)[C@@H]31)[C@@H]2c1cc(Cl)ccc1O. The van der Waals surface area contributed by atoms with Crippen LogP contribution in [0.15, 0.2) is 60.2 Å². The van der Waals surface area contributed by atoms with Gasteiger partial charge < -0.3 is 10.2 Å². The van der Waals surface area contributed by atoms with Gasteiger partial charge in [-0.25, -0.2) is 4.90 Å². The third-order valence-electron chi connectivity index (χ3n) is 9.95. The zero-order chi connectivity index (χ0) is 30.6. The lowest BCUT2D eigenvalue weighted by Gasteiger charge is -2.49. The number of phenolic OH excluding ortho intramolecular Hbond substituents is 1. The van der Waals surface area contributed by atoms with Crippen LogP contribution in [0.4, 0.5) is 5.69 Å². The summed E-state index contributed by atoms with van der Waals surface area (Å²) in [5, 5.41) is 20.3. The lowest BCUT2D eigenvalue weighted by Crippen LogP contribution is -2.48. The van der Waals surface area contributed by atoms with Crippen molar-refractivity contribution in [3.63, 3.8) is 0 Å². The van der Waals surface area contributed by atoms with Crippen LogP contribution < -0.4 is 4.90 Å². The summed E-state index contributed by atoms with van der Waals surface area (Å²) in [6.45, 7) is 1.98. The Hall–Kier alpha value is -3.98. The average molecular weight is 605 g/mol. The number of para-hydroxylation sites is 1. The number of allylic oxidation sites excluding steroid dienone is 2. The summed E-state index contributed by atoms with van der Waals surface area (Å²) in [4.78, 5) is 69.2. The first-order valence-corrected chi connectivity index (χ1v) is 15.1. The number of imide groups is 2. The second kappa shape index (κ2) is 10.9. The first-order chi connectivity index (χ1) is 20.6. The van der Waals surface area contributed by atoms with Crippen molar-refractivity contribution in [3.05, 3.63) is 70.8 Å². The van der Waals surface area contributed by atoms with Crippen molar-refractivity contribution in [2.24, 2.45) is 29.1 Å². The number of amides is 4. The molecule has 3 fully saturated rings. The minimum atomic E-state index is -1.26. The molecule has 0 radical (unpaired) electrons. The van der Waals surface area contributed by atoms with Gasteiger partial charge in [0.25, 0.3) is 0 Å². The van der Waals surface area contributed by atoms with E-state index in [1.165, 1.54) is 15.9 Å². The largest absolute Gasteiger partial charge is 0.508 e. The Morgan fingerprint density at radius 1 is 0.977 bits per heavy atom. The number of carbonyl (C=O) groups is 5. The van der Waals surface area contributed by atoms with Gasteiger partial charge in [-0.15, -0.1) is 0 Å². The average Bonchev–Trinajstić information content (AvgIpc) is 3.34. The fourth-order valence-electron chi connectivity index (χ4n) is 7.95. The van der Waals surface area contributed by atoms with Gasteiger partial charge in [-0.1, -0.05) is 47.9 Å². The monoisotopic (exact) mass is 604 g/mol. The Morgan fingerprint density at radius 3 is 2.44 bits per heavy atom. The lowest BCUT2D eigenvalue weighted by atomic mass is 9.51. The van der Waals surface area contributed by atoms with Crippen LogP contribution in [0.5, 0.6) is 5.75 Å². The number of likely N-dealkylation sites (tertiary alicyclic amines) is 1. The number of unbranched alkanes of at least 4 members (excludes halogenated alkanes) is 2. The second-order valence-corrected chi connectivity index (χ2v) is 12.7. The predicted octanol–water partition coefficient (Wildman–Crippen LogP) is 4.92. The zero-order valence-electron chi connectivity index (χ0n) is 23.7. The molecule has 0 aromatic heterocycles. The normalized spacial score (nSPS) is 29.8. The van der Waals surface area contributed by atoms with Crippen LogP contribution in [0.3, 0.4) is 0 Å². The van der Waals surface area contributed by atoms with Crippen LogP contribution in [0.25, 0.3) is 0 Å². The minimum absolute atomic E-state index is 0.0349. The molecule has 1 saturated carbocycles. The number of carboxylic acid groups (broad SMARTS) is 1. The third-order valence-corrected chi connectivity index (χ3v) is 10.2. The van der Waals surface area contributed by atoms with Gasteiger partial charge in [-0.3, -0.25) is 28.9 Å². The van der Waals surface area contributed by atoms with Crippen LogP contribution >= 0.6 is 11.6 Å². The number of carbonyl (C=O) groups excluding carboxylic acids is 4. The van der Waals surface area contributed by atoms with Gasteiger partial charge >= 0.3 is 5.97 Å². The Morgan fingerprint density at radius 2 is 1.72 bits per heavy atom. The highest BCUT2D eigenvalue weighted by Crippen LogP contribution is 2.64. The van der Waals surface area contributed by atoms with Gasteiger partial charge in [0.1, 0.15) is 5.75 Å². The number of fused-ring (bicyclic) bond motifs is 4. The molecule has 4 aliphatic rings. The standard InChI is InChI=1S/C33H33ClN2O7/c1-33-24(30(41)36(32(33)43)19-8-4-2-5-9-19)17-22-20(28(33)23-16-18(34)11-14-25(23)37)12-13-21-27(22)31(42)35(29(21)40)15-7-3-6-10-26(38)39/h2,4-5,8-9,11-12,14,16,21-22,24,27-28,37H,3,6-7,10,13,15,17H2,1H3,(H,38,39)/t21-,22+,24-,27-,28+,33+/m0/s1. The highest BCUT2D eigenvalue weighted by Gasteiger charge is 2.67. The molecule has 43 heavy (non-hydrogen) atoms. The minimum Gasteiger partial charge on any atom is -0.508 e. The highest BCUT2D eigenvalue weighted by molar-refractivity contribution is 6.30. The van der Waals surface area contributed by atoms with E-state index >= 15 is 0 Å². The van der Waals surface area contributed by atoms with E-state index in [1.807, 2.05) is 6.08 Å². The number of hydrogen-bond acceptors (Lipinski definition) is 6. The van der Waals surface area contributed by atoms with Crippen molar-refractivity contribution in [2.45, 2.75) is 51.4 Å². The Bertz CT molecular complexity index is 1560.